The monoisotopic (exact) mass is 379 g/mol. The van der Waals surface area contributed by atoms with E-state index in [2.05, 4.69) is 4.98 Å². The molecule has 0 aliphatic heterocycles. The van der Waals surface area contributed by atoms with Crippen LogP contribution in [0.1, 0.15) is 17.3 Å². The maximum Gasteiger partial charge on any atom is 0.276 e. The van der Waals surface area contributed by atoms with Crippen LogP contribution in [-0.4, -0.2) is 31.3 Å². The summed E-state index contributed by atoms with van der Waals surface area (Å²) in [7, 11) is -3.15. The smallest absolute Gasteiger partial charge is 0.276 e. The summed E-state index contributed by atoms with van der Waals surface area (Å²) < 4.78 is 45.7. The molecule has 0 bridgehead atoms. The largest absolute Gasteiger partial charge is 0.497 e. The number of para-hydroxylation sites is 1. The van der Waals surface area contributed by atoms with Crippen molar-refractivity contribution in [3.05, 3.63) is 54.1 Å². The molecular formula is C17H14FNO4S2. The van der Waals surface area contributed by atoms with E-state index < -0.39 is 25.0 Å². The SMILES string of the molecule is COc1ccc(C(=O)C(C)(F)S(=O)(=O)c2nc3ccccc3s2)cc1. The van der Waals surface area contributed by atoms with Gasteiger partial charge < -0.3 is 4.74 Å². The first-order valence-corrected chi connectivity index (χ1v) is 9.55. The van der Waals surface area contributed by atoms with Crippen molar-refractivity contribution in [3.8, 4) is 5.75 Å². The number of carbonyl (C=O) groups excluding carboxylic acids is 1. The number of halogens is 1. The van der Waals surface area contributed by atoms with Gasteiger partial charge in [0.1, 0.15) is 5.75 Å². The molecule has 0 saturated carbocycles. The van der Waals surface area contributed by atoms with E-state index in [1.54, 1.807) is 24.3 Å². The summed E-state index contributed by atoms with van der Waals surface area (Å²) in [5.74, 6) is -0.666. The van der Waals surface area contributed by atoms with E-state index in [9.17, 15) is 13.2 Å². The highest BCUT2D eigenvalue weighted by molar-refractivity contribution is 7.95. The van der Waals surface area contributed by atoms with Gasteiger partial charge in [-0.05, 0) is 43.3 Å². The molecule has 0 fully saturated rings. The van der Waals surface area contributed by atoms with Crippen molar-refractivity contribution in [1.29, 1.82) is 0 Å². The molecule has 0 spiro atoms. The predicted molar refractivity (Wildman–Crippen MR) is 93.6 cm³/mol. The lowest BCUT2D eigenvalue weighted by Crippen LogP contribution is -2.39. The Bertz CT molecular complexity index is 1010. The second-order valence-corrected chi connectivity index (χ2v) is 8.87. The van der Waals surface area contributed by atoms with Crippen LogP contribution in [-0.2, 0) is 9.84 Å². The molecule has 25 heavy (non-hydrogen) atoms. The van der Waals surface area contributed by atoms with Crippen LogP contribution in [0, 0.1) is 0 Å². The van der Waals surface area contributed by atoms with Gasteiger partial charge in [-0.3, -0.25) is 4.79 Å². The van der Waals surface area contributed by atoms with Crippen molar-refractivity contribution in [2.75, 3.05) is 7.11 Å². The van der Waals surface area contributed by atoms with E-state index in [-0.39, 0.29) is 5.56 Å². The summed E-state index contributed by atoms with van der Waals surface area (Å²) in [6, 6.07) is 12.3. The zero-order valence-corrected chi connectivity index (χ0v) is 15.0. The molecule has 1 heterocycles. The van der Waals surface area contributed by atoms with Crippen molar-refractivity contribution in [2.24, 2.45) is 0 Å². The summed E-state index contributed by atoms with van der Waals surface area (Å²) in [5, 5.41) is -3.13. The molecule has 0 radical (unpaired) electrons. The van der Waals surface area contributed by atoms with Gasteiger partial charge in [-0.25, -0.2) is 17.8 Å². The van der Waals surface area contributed by atoms with Crippen LogP contribution in [0.25, 0.3) is 10.2 Å². The maximum absolute atomic E-state index is 15.1. The lowest BCUT2D eigenvalue weighted by Gasteiger charge is -2.18. The van der Waals surface area contributed by atoms with Crippen LogP contribution in [0.15, 0.2) is 52.9 Å². The first-order valence-electron chi connectivity index (χ1n) is 7.25. The van der Waals surface area contributed by atoms with E-state index in [4.69, 9.17) is 4.74 Å². The first-order chi connectivity index (χ1) is 11.8. The minimum Gasteiger partial charge on any atom is -0.497 e. The molecule has 0 saturated heterocycles. The number of methoxy groups -OCH3 is 1. The second kappa shape index (κ2) is 6.20. The zero-order valence-electron chi connectivity index (χ0n) is 13.4. The van der Waals surface area contributed by atoms with Crippen LogP contribution in [0.2, 0.25) is 0 Å². The minimum atomic E-state index is -4.60. The molecule has 1 unspecified atom stereocenters. The molecule has 0 aliphatic carbocycles. The van der Waals surface area contributed by atoms with Gasteiger partial charge in [0.2, 0.25) is 20.0 Å². The second-order valence-electron chi connectivity index (χ2n) is 5.43. The van der Waals surface area contributed by atoms with Gasteiger partial charge in [-0.1, -0.05) is 12.1 Å². The molecule has 5 nitrogen and oxygen atoms in total. The number of ether oxygens (including phenoxy) is 1. The Balaban J connectivity index is 2.02. The fraction of sp³-hybridized carbons (Fsp3) is 0.176. The average molecular weight is 379 g/mol. The Morgan fingerprint density at radius 2 is 1.80 bits per heavy atom. The van der Waals surface area contributed by atoms with Gasteiger partial charge >= 0.3 is 0 Å². The highest BCUT2D eigenvalue weighted by Crippen LogP contribution is 2.35. The summed E-state index contributed by atoms with van der Waals surface area (Å²) in [5.41, 5.74) is 0.384. The normalized spacial score (nSPS) is 14.2. The Morgan fingerprint density at radius 1 is 1.16 bits per heavy atom. The topological polar surface area (TPSA) is 73.3 Å². The predicted octanol–water partition coefficient (Wildman–Crippen LogP) is 3.65. The lowest BCUT2D eigenvalue weighted by atomic mass is 10.1. The van der Waals surface area contributed by atoms with Gasteiger partial charge in [0.05, 0.1) is 17.3 Å². The number of aromatic nitrogens is 1. The number of Topliss-reactive ketones (excluding diaryl/α,β-unsaturated/α-hetero) is 1. The van der Waals surface area contributed by atoms with Gasteiger partial charge in [0.15, 0.2) is 0 Å². The number of hydrogen-bond acceptors (Lipinski definition) is 6. The van der Waals surface area contributed by atoms with Crippen molar-refractivity contribution >= 4 is 37.2 Å². The molecule has 0 aliphatic rings. The third-order valence-corrected chi connectivity index (χ3v) is 7.25. The fourth-order valence-electron chi connectivity index (χ4n) is 2.25. The number of rotatable bonds is 5. The molecule has 130 valence electrons. The fourth-order valence-corrected chi connectivity index (χ4v) is 5.04. The van der Waals surface area contributed by atoms with Crippen LogP contribution >= 0.6 is 11.3 Å². The Labute approximate surface area is 148 Å². The summed E-state index contributed by atoms with van der Waals surface area (Å²) in [4.78, 5) is 16.5. The van der Waals surface area contributed by atoms with Gasteiger partial charge in [0.25, 0.3) is 5.00 Å². The lowest BCUT2D eigenvalue weighted by molar-refractivity contribution is 0.0847. The number of ketones is 1. The first kappa shape index (κ1) is 17.5. The number of thiazole rings is 1. The van der Waals surface area contributed by atoms with E-state index in [0.29, 0.717) is 16.0 Å². The van der Waals surface area contributed by atoms with Gasteiger partial charge in [0, 0.05) is 5.56 Å². The van der Waals surface area contributed by atoms with Crippen molar-refractivity contribution in [1.82, 2.24) is 4.98 Å². The average Bonchev–Trinajstić information content (AvgIpc) is 3.06. The number of carbonyl (C=O) groups is 1. The number of alkyl halides is 1. The summed E-state index contributed by atoms with van der Waals surface area (Å²) in [6.07, 6.45) is 0. The number of benzene rings is 2. The van der Waals surface area contributed by atoms with Crippen molar-refractivity contribution in [2.45, 2.75) is 16.3 Å². The quantitative estimate of drug-likeness (QED) is 0.633. The Hall–Kier alpha value is -2.32. The van der Waals surface area contributed by atoms with Gasteiger partial charge in [-0.2, -0.15) is 0 Å². The Morgan fingerprint density at radius 3 is 2.40 bits per heavy atom. The maximum atomic E-state index is 15.1. The molecule has 0 N–H and O–H groups in total. The summed E-state index contributed by atoms with van der Waals surface area (Å²) in [6.45, 7) is 0.751. The van der Waals surface area contributed by atoms with Crippen LogP contribution < -0.4 is 4.74 Å². The van der Waals surface area contributed by atoms with Crippen molar-refractivity contribution in [3.63, 3.8) is 0 Å². The van der Waals surface area contributed by atoms with Crippen LogP contribution in [0.4, 0.5) is 4.39 Å². The number of nitrogens with zero attached hydrogens (tertiary/aromatic N) is 1. The van der Waals surface area contributed by atoms with Crippen molar-refractivity contribution < 1.29 is 22.3 Å². The molecule has 3 rings (SSSR count). The highest BCUT2D eigenvalue weighted by Gasteiger charge is 2.49. The Kier molecular flexibility index (Phi) is 4.34. The zero-order chi connectivity index (χ0) is 18.2. The van der Waals surface area contributed by atoms with E-state index in [1.807, 2.05) is 0 Å². The molecule has 0 amide bonds. The van der Waals surface area contributed by atoms with E-state index in [0.717, 1.165) is 18.3 Å². The molecule has 1 atom stereocenters. The molecule has 3 aromatic rings. The summed E-state index contributed by atoms with van der Waals surface area (Å²) >= 11 is 0.838. The molecule has 8 heteroatoms. The van der Waals surface area contributed by atoms with E-state index in [1.165, 1.54) is 31.4 Å². The van der Waals surface area contributed by atoms with Gasteiger partial charge in [-0.15, -0.1) is 11.3 Å². The third-order valence-electron chi connectivity index (χ3n) is 3.77. The number of sulfone groups is 1. The minimum absolute atomic E-state index is 0.0597. The molecular weight excluding hydrogens is 365 g/mol. The molecule has 1 aromatic heterocycles. The highest BCUT2D eigenvalue weighted by atomic mass is 32.2. The molecule has 2 aromatic carbocycles. The van der Waals surface area contributed by atoms with E-state index >= 15 is 4.39 Å². The number of fused-ring (bicyclic) bond motifs is 1. The standard InChI is InChI=1S/C17H14FNO4S2/c1-17(18,15(20)11-7-9-12(23-2)10-8-11)25(21,22)16-19-13-5-3-4-6-14(13)24-16/h3-10H,1-2H3. The third kappa shape index (κ3) is 2.91. The van der Waals surface area contributed by atoms with Crippen LogP contribution in [0.5, 0.6) is 5.75 Å². The van der Waals surface area contributed by atoms with Crippen LogP contribution in [0.3, 0.4) is 0 Å². The number of hydrogen-bond donors (Lipinski definition) is 0.